The normalized spacial score (nSPS) is 14.7. The Morgan fingerprint density at radius 3 is 2.71 bits per heavy atom. The van der Waals surface area contributed by atoms with Crippen molar-refractivity contribution in [2.24, 2.45) is 4.99 Å². The summed E-state index contributed by atoms with van der Waals surface area (Å²) in [4.78, 5) is 6.52. The van der Waals surface area contributed by atoms with E-state index < -0.39 is 0 Å². The van der Waals surface area contributed by atoms with Gasteiger partial charge in [0.05, 0.1) is 13.2 Å². The molecule has 0 aromatic heterocycles. The highest BCUT2D eigenvalue weighted by molar-refractivity contribution is 5.81. The minimum atomic E-state index is 0.708. The number of nitrogens with one attached hydrogen (secondary N) is 1. The van der Waals surface area contributed by atoms with E-state index in [2.05, 4.69) is 34.4 Å². The minimum absolute atomic E-state index is 0.708. The largest absolute Gasteiger partial charge is 0.494 e. The van der Waals surface area contributed by atoms with Crippen LogP contribution in [0, 0.1) is 0 Å². The van der Waals surface area contributed by atoms with Crippen molar-refractivity contribution < 1.29 is 4.74 Å². The van der Waals surface area contributed by atoms with E-state index in [0.29, 0.717) is 6.61 Å². The van der Waals surface area contributed by atoms with Crippen molar-refractivity contribution in [1.82, 2.24) is 10.2 Å². The van der Waals surface area contributed by atoms with Crippen LogP contribution in [0.15, 0.2) is 29.3 Å². The molecule has 0 aliphatic carbocycles. The van der Waals surface area contributed by atoms with E-state index >= 15 is 0 Å². The number of rotatable bonds is 4. The van der Waals surface area contributed by atoms with Gasteiger partial charge in [0.1, 0.15) is 5.75 Å². The lowest BCUT2D eigenvalue weighted by atomic mass is 10.2. The molecule has 1 aromatic rings. The van der Waals surface area contributed by atoms with Crippen LogP contribution in [-0.4, -0.2) is 37.6 Å². The van der Waals surface area contributed by atoms with Gasteiger partial charge in [0.15, 0.2) is 5.96 Å². The average molecular weight is 233 g/mol. The van der Waals surface area contributed by atoms with E-state index in [1.165, 1.54) is 5.56 Å². The van der Waals surface area contributed by atoms with Crippen LogP contribution in [0.1, 0.15) is 12.5 Å². The van der Waals surface area contributed by atoms with Crippen LogP contribution in [0.4, 0.5) is 0 Å². The van der Waals surface area contributed by atoms with Crippen LogP contribution in [0.25, 0.3) is 0 Å². The summed E-state index contributed by atoms with van der Waals surface area (Å²) in [5, 5.41) is 3.33. The summed E-state index contributed by atoms with van der Waals surface area (Å²) in [7, 11) is 2.05. The van der Waals surface area contributed by atoms with Gasteiger partial charge in [-0.3, -0.25) is 4.99 Å². The summed E-state index contributed by atoms with van der Waals surface area (Å²) in [6.45, 7) is 5.39. The fourth-order valence-corrected chi connectivity index (χ4v) is 1.77. The van der Waals surface area contributed by atoms with Crippen molar-refractivity contribution in [3.8, 4) is 5.75 Å². The first-order valence-electron chi connectivity index (χ1n) is 6.01. The molecule has 4 nitrogen and oxygen atoms in total. The maximum atomic E-state index is 5.40. The van der Waals surface area contributed by atoms with Gasteiger partial charge in [-0.2, -0.15) is 0 Å². The molecule has 0 unspecified atom stereocenters. The number of guanidine groups is 1. The van der Waals surface area contributed by atoms with Crippen LogP contribution in [0.5, 0.6) is 5.75 Å². The van der Waals surface area contributed by atoms with Crippen LogP contribution < -0.4 is 10.1 Å². The van der Waals surface area contributed by atoms with Crippen LogP contribution >= 0.6 is 0 Å². The van der Waals surface area contributed by atoms with Gasteiger partial charge in [-0.15, -0.1) is 0 Å². The number of likely N-dealkylation sites (N-methyl/N-ethyl adjacent to an activating group) is 1. The zero-order chi connectivity index (χ0) is 12.1. The maximum absolute atomic E-state index is 5.40. The first-order chi connectivity index (χ1) is 8.29. The Hall–Kier alpha value is -1.71. The lowest BCUT2D eigenvalue weighted by Gasteiger charge is -2.15. The SMILES string of the molecule is CCOc1ccc(CNC2=NCCN2C)cc1. The third-order valence-electron chi connectivity index (χ3n) is 2.74. The van der Waals surface area contributed by atoms with Crippen molar-refractivity contribution in [2.45, 2.75) is 13.5 Å². The molecule has 4 heteroatoms. The molecule has 1 aromatic carbocycles. The summed E-state index contributed by atoms with van der Waals surface area (Å²) in [5.74, 6) is 1.91. The van der Waals surface area contributed by atoms with Crippen molar-refractivity contribution in [3.05, 3.63) is 29.8 Å². The third-order valence-corrected chi connectivity index (χ3v) is 2.74. The monoisotopic (exact) mass is 233 g/mol. The molecule has 1 heterocycles. The Morgan fingerprint density at radius 2 is 2.12 bits per heavy atom. The molecule has 0 saturated heterocycles. The van der Waals surface area contributed by atoms with E-state index in [9.17, 15) is 0 Å². The van der Waals surface area contributed by atoms with Gasteiger partial charge in [-0.1, -0.05) is 12.1 Å². The van der Waals surface area contributed by atoms with Crippen molar-refractivity contribution >= 4 is 5.96 Å². The van der Waals surface area contributed by atoms with Crippen LogP contribution in [-0.2, 0) is 6.54 Å². The summed E-state index contributed by atoms with van der Waals surface area (Å²) >= 11 is 0. The number of hydrogen-bond acceptors (Lipinski definition) is 4. The lowest BCUT2D eigenvalue weighted by Crippen LogP contribution is -2.35. The number of benzene rings is 1. The molecular formula is C13H19N3O. The van der Waals surface area contributed by atoms with E-state index in [4.69, 9.17) is 4.74 Å². The second-order valence-corrected chi connectivity index (χ2v) is 4.06. The Bertz CT molecular complexity index is 386. The predicted molar refractivity (Wildman–Crippen MR) is 69.4 cm³/mol. The maximum Gasteiger partial charge on any atom is 0.194 e. The molecule has 1 N–H and O–H groups in total. The van der Waals surface area contributed by atoms with Gasteiger partial charge in [0, 0.05) is 20.1 Å². The Balaban J connectivity index is 1.86. The molecule has 0 amide bonds. The predicted octanol–water partition coefficient (Wildman–Crippen LogP) is 1.48. The number of nitrogens with zero attached hydrogens (tertiary/aromatic N) is 2. The molecule has 0 fully saturated rings. The van der Waals surface area contributed by atoms with E-state index in [1.54, 1.807) is 0 Å². The highest BCUT2D eigenvalue weighted by Gasteiger charge is 2.10. The summed E-state index contributed by atoms with van der Waals surface area (Å²) in [6, 6.07) is 8.16. The quantitative estimate of drug-likeness (QED) is 0.855. The smallest absolute Gasteiger partial charge is 0.194 e. The standard InChI is InChI=1S/C13H19N3O/c1-3-17-12-6-4-11(5-7-12)10-15-13-14-8-9-16(13)2/h4-7H,3,8-10H2,1-2H3,(H,14,15). The Morgan fingerprint density at radius 1 is 1.35 bits per heavy atom. The summed E-state index contributed by atoms with van der Waals surface area (Å²) in [5.41, 5.74) is 1.23. The third kappa shape index (κ3) is 3.12. The van der Waals surface area contributed by atoms with Gasteiger partial charge in [0.2, 0.25) is 0 Å². The molecule has 0 bridgehead atoms. The van der Waals surface area contributed by atoms with Gasteiger partial charge in [-0.25, -0.2) is 0 Å². The molecule has 0 saturated carbocycles. The minimum Gasteiger partial charge on any atom is -0.494 e. The van der Waals surface area contributed by atoms with E-state index in [0.717, 1.165) is 31.3 Å². The fourth-order valence-electron chi connectivity index (χ4n) is 1.77. The number of hydrogen-bond donors (Lipinski definition) is 1. The first kappa shape index (κ1) is 11.8. The number of aliphatic imine (C=N–C) groups is 1. The molecule has 1 aliphatic heterocycles. The van der Waals surface area contributed by atoms with E-state index in [1.807, 2.05) is 19.1 Å². The van der Waals surface area contributed by atoms with Crippen molar-refractivity contribution in [2.75, 3.05) is 26.7 Å². The summed E-state index contributed by atoms with van der Waals surface area (Å²) in [6.07, 6.45) is 0. The van der Waals surface area contributed by atoms with Crippen LogP contribution in [0.2, 0.25) is 0 Å². The molecule has 92 valence electrons. The van der Waals surface area contributed by atoms with Crippen molar-refractivity contribution in [1.29, 1.82) is 0 Å². The van der Waals surface area contributed by atoms with Gasteiger partial charge < -0.3 is 15.0 Å². The average Bonchev–Trinajstić information content (AvgIpc) is 2.75. The zero-order valence-corrected chi connectivity index (χ0v) is 10.4. The number of ether oxygens (including phenoxy) is 1. The van der Waals surface area contributed by atoms with Gasteiger partial charge >= 0.3 is 0 Å². The van der Waals surface area contributed by atoms with Gasteiger partial charge in [-0.05, 0) is 24.6 Å². The molecule has 0 radical (unpaired) electrons. The van der Waals surface area contributed by atoms with E-state index in [-0.39, 0.29) is 0 Å². The first-order valence-corrected chi connectivity index (χ1v) is 6.01. The summed E-state index contributed by atoms with van der Waals surface area (Å²) < 4.78 is 5.40. The highest BCUT2D eigenvalue weighted by atomic mass is 16.5. The fraction of sp³-hybridized carbons (Fsp3) is 0.462. The zero-order valence-electron chi connectivity index (χ0n) is 10.4. The molecule has 1 aliphatic rings. The Kier molecular flexibility index (Phi) is 3.85. The molecule has 17 heavy (non-hydrogen) atoms. The topological polar surface area (TPSA) is 36.9 Å². The molecule has 0 spiro atoms. The Labute approximate surface area is 102 Å². The van der Waals surface area contributed by atoms with Gasteiger partial charge in [0.25, 0.3) is 0 Å². The highest BCUT2D eigenvalue weighted by Crippen LogP contribution is 2.12. The second kappa shape index (κ2) is 5.57. The lowest BCUT2D eigenvalue weighted by molar-refractivity contribution is 0.340. The van der Waals surface area contributed by atoms with Crippen LogP contribution in [0.3, 0.4) is 0 Å². The van der Waals surface area contributed by atoms with Crippen molar-refractivity contribution in [3.63, 3.8) is 0 Å². The molecule has 2 rings (SSSR count). The molecular weight excluding hydrogens is 214 g/mol. The molecule has 0 atom stereocenters. The second-order valence-electron chi connectivity index (χ2n) is 4.06.